The molecule has 0 aliphatic rings. The van der Waals surface area contributed by atoms with Crippen LogP contribution in [0.4, 0.5) is 10.1 Å². The van der Waals surface area contributed by atoms with Gasteiger partial charge in [-0.15, -0.1) is 0 Å². The summed E-state index contributed by atoms with van der Waals surface area (Å²) in [5.74, 6) is -0.359. The quantitative estimate of drug-likeness (QED) is 0.507. The van der Waals surface area contributed by atoms with E-state index in [1.807, 2.05) is 6.92 Å². The molecule has 0 atom stereocenters. The molecule has 0 bridgehead atoms. The maximum atomic E-state index is 13.1. The standard InChI is InChI=1S/C9H12FN3/c1-5-3-4-7(10)6(2)8(5)13-9(11)12/h3-4H,1-2H3,(H4,11,12,13). The highest BCUT2D eigenvalue weighted by Crippen LogP contribution is 2.25. The monoisotopic (exact) mass is 181 g/mol. The van der Waals surface area contributed by atoms with E-state index in [9.17, 15) is 4.39 Å². The van der Waals surface area contributed by atoms with Crippen molar-refractivity contribution in [1.82, 2.24) is 0 Å². The van der Waals surface area contributed by atoms with Crippen LogP contribution < -0.4 is 11.5 Å². The average Bonchev–Trinajstić information content (AvgIpc) is 2.05. The average molecular weight is 181 g/mol. The molecule has 0 aliphatic heterocycles. The highest BCUT2D eigenvalue weighted by atomic mass is 19.1. The molecule has 0 saturated carbocycles. The third-order valence-corrected chi connectivity index (χ3v) is 1.81. The third-order valence-electron chi connectivity index (χ3n) is 1.81. The van der Waals surface area contributed by atoms with Crippen molar-refractivity contribution in [2.75, 3.05) is 0 Å². The van der Waals surface area contributed by atoms with Crippen molar-refractivity contribution in [3.63, 3.8) is 0 Å². The number of aliphatic imine (C=N–C) groups is 1. The Bertz CT molecular complexity index is 354. The molecule has 0 saturated heterocycles. The van der Waals surface area contributed by atoms with Gasteiger partial charge in [0.05, 0.1) is 5.69 Å². The van der Waals surface area contributed by atoms with Gasteiger partial charge in [0, 0.05) is 5.56 Å². The Morgan fingerprint density at radius 1 is 1.31 bits per heavy atom. The molecule has 70 valence electrons. The van der Waals surface area contributed by atoms with Gasteiger partial charge >= 0.3 is 0 Å². The van der Waals surface area contributed by atoms with E-state index in [2.05, 4.69) is 4.99 Å². The first kappa shape index (κ1) is 9.51. The van der Waals surface area contributed by atoms with E-state index in [0.29, 0.717) is 11.3 Å². The molecule has 0 spiro atoms. The molecular formula is C9H12FN3. The summed E-state index contributed by atoms with van der Waals surface area (Å²) in [4.78, 5) is 3.85. The first-order chi connectivity index (χ1) is 6.02. The van der Waals surface area contributed by atoms with Gasteiger partial charge in [-0.05, 0) is 25.5 Å². The highest BCUT2D eigenvalue weighted by Gasteiger charge is 2.05. The van der Waals surface area contributed by atoms with Gasteiger partial charge in [-0.3, -0.25) is 0 Å². The molecule has 1 aromatic rings. The first-order valence-corrected chi connectivity index (χ1v) is 3.87. The van der Waals surface area contributed by atoms with E-state index in [4.69, 9.17) is 11.5 Å². The Balaban J connectivity index is 3.34. The SMILES string of the molecule is Cc1ccc(F)c(C)c1N=C(N)N. The number of hydrogen-bond donors (Lipinski definition) is 2. The van der Waals surface area contributed by atoms with Crippen molar-refractivity contribution in [1.29, 1.82) is 0 Å². The van der Waals surface area contributed by atoms with Crippen molar-refractivity contribution in [3.05, 3.63) is 29.1 Å². The Hall–Kier alpha value is -1.58. The molecule has 4 heteroatoms. The van der Waals surface area contributed by atoms with Gasteiger partial charge in [0.1, 0.15) is 5.82 Å². The lowest BCUT2D eigenvalue weighted by atomic mass is 10.1. The Kier molecular flexibility index (Phi) is 2.51. The predicted molar refractivity (Wildman–Crippen MR) is 51.3 cm³/mol. The maximum absolute atomic E-state index is 13.1. The fourth-order valence-corrected chi connectivity index (χ4v) is 1.11. The summed E-state index contributed by atoms with van der Waals surface area (Å²) < 4.78 is 13.1. The molecule has 13 heavy (non-hydrogen) atoms. The summed E-state index contributed by atoms with van der Waals surface area (Å²) in [5, 5.41) is 0. The summed E-state index contributed by atoms with van der Waals surface area (Å²) >= 11 is 0. The fourth-order valence-electron chi connectivity index (χ4n) is 1.11. The van der Waals surface area contributed by atoms with Gasteiger partial charge in [0.25, 0.3) is 0 Å². The van der Waals surface area contributed by atoms with Crippen LogP contribution in [0.15, 0.2) is 17.1 Å². The Labute approximate surface area is 76.3 Å². The lowest BCUT2D eigenvalue weighted by molar-refractivity contribution is 0.618. The highest BCUT2D eigenvalue weighted by molar-refractivity contribution is 5.80. The minimum Gasteiger partial charge on any atom is -0.370 e. The van der Waals surface area contributed by atoms with Crippen molar-refractivity contribution >= 4 is 11.6 Å². The number of rotatable bonds is 1. The van der Waals surface area contributed by atoms with E-state index in [1.54, 1.807) is 13.0 Å². The number of aryl methyl sites for hydroxylation is 1. The minimum atomic E-state index is -0.300. The van der Waals surface area contributed by atoms with Crippen molar-refractivity contribution in [2.24, 2.45) is 16.5 Å². The molecule has 1 aromatic carbocycles. The van der Waals surface area contributed by atoms with Crippen LogP contribution >= 0.6 is 0 Å². The van der Waals surface area contributed by atoms with E-state index in [1.165, 1.54) is 6.07 Å². The van der Waals surface area contributed by atoms with Crippen molar-refractivity contribution < 1.29 is 4.39 Å². The maximum Gasteiger partial charge on any atom is 0.191 e. The van der Waals surface area contributed by atoms with E-state index in [0.717, 1.165) is 5.56 Å². The zero-order chi connectivity index (χ0) is 10.0. The molecular weight excluding hydrogens is 169 g/mol. The number of guanidine groups is 1. The topological polar surface area (TPSA) is 64.4 Å². The van der Waals surface area contributed by atoms with Gasteiger partial charge in [-0.25, -0.2) is 9.38 Å². The zero-order valence-corrected chi connectivity index (χ0v) is 7.63. The predicted octanol–water partition coefficient (Wildman–Crippen LogP) is 1.35. The molecule has 0 aromatic heterocycles. The zero-order valence-electron chi connectivity index (χ0n) is 7.63. The third kappa shape index (κ3) is 1.96. The van der Waals surface area contributed by atoms with Crippen LogP contribution in [0, 0.1) is 19.7 Å². The number of halogens is 1. The van der Waals surface area contributed by atoms with Crippen molar-refractivity contribution in [2.45, 2.75) is 13.8 Å². The lowest BCUT2D eigenvalue weighted by Gasteiger charge is -2.05. The van der Waals surface area contributed by atoms with Crippen molar-refractivity contribution in [3.8, 4) is 0 Å². The van der Waals surface area contributed by atoms with Gasteiger partial charge in [0.2, 0.25) is 0 Å². The number of benzene rings is 1. The van der Waals surface area contributed by atoms with E-state index >= 15 is 0 Å². The smallest absolute Gasteiger partial charge is 0.191 e. The molecule has 3 nitrogen and oxygen atoms in total. The van der Waals surface area contributed by atoms with Crippen LogP contribution in [0.2, 0.25) is 0 Å². The number of hydrogen-bond acceptors (Lipinski definition) is 1. The molecule has 1 rings (SSSR count). The van der Waals surface area contributed by atoms with E-state index in [-0.39, 0.29) is 11.8 Å². The summed E-state index contributed by atoms with van der Waals surface area (Å²) in [6, 6.07) is 3.04. The van der Waals surface area contributed by atoms with Crippen LogP contribution in [0.5, 0.6) is 0 Å². The second-order valence-electron chi connectivity index (χ2n) is 2.87. The minimum absolute atomic E-state index is 0.0585. The summed E-state index contributed by atoms with van der Waals surface area (Å²) in [6.07, 6.45) is 0. The molecule has 0 aliphatic carbocycles. The second kappa shape index (κ2) is 3.43. The number of nitrogens with zero attached hydrogens (tertiary/aromatic N) is 1. The lowest BCUT2D eigenvalue weighted by Crippen LogP contribution is -2.22. The Morgan fingerprint density at radius 3 is 2.46 bits per heavy atom. The van der Waals surface area contributed by atoms with Gasteiger partial charge in [-0.2, -0.15) is 0 Å². The van der Waals surface area contributed by atoms with Crippen LogP contribution in [0.3, 0.4) is 0 Å². The first-order valence-electron chi connectivity index (χ1n) is 3.87. The second-order valence-corrected chi connectivity index (χ2v) is 2.87. The number of nitrogens with two attached hydrogens (primary N) is 2. The molecule has 0 amide bonds. The molecule has 4 N–H and O–H groups in total. The fraction of sp³-hybridized carbons (Fsp3) is 0.222. The largest absolute Gasteiger partial charge is 0.370 e. The van der Waals surface area contributed by atoms with Gasteiger partial charge in [0.15, 0.2) is 5.96 Å². The molecule has 0 unspecified atom stereocenters. The van der Waals surface area contributed by atoms with E-state index < -0.39 is 0 Å². The van der Waals surface area contributed by atoms with Crippen LogP contribution in [0.25, 0.3) is 0 Å². The van der Waals surface area contributed by atoms with Crippen LogP contribution in [-0.4, -0.2) is 5.96 Å². The normalized spacial score (nSPS) is 9.77. The Morgan fingerprint density at radius 2 is 1.92 bits per heavy atom. The molecule has 0 fully saturated rings. The summed E-state index contributed by atoms with van der Waals surface area (Å²) in [5.41, 5.74) is 12.3. The summed E-state index contributed by atoms with van der Waals surface area (Å²) in [6.45, 7) is 3.47. The molecule has 0 heterocycles. The van der Waals surface area contributed by atoms with Gasteiger partial charge < -0.3 is 11.5 Å². The van der Waals surface area contributed by atoms with Crippen LogP contribution in [0.1, 0.15) is 11.1 Å². The van der Waals surface area contributed by atoms with Gasteiger partial charge in [-0.1, -0.05) is 6.07 Å². The van der Waals surface area contributed by atoms with Crippen LogP contribution in [-0.2, 0) is 0 Å². The summed E-state index contributed by atoms with van der Waals surface area (Å²) in [7, 11) is 0. The molecule has 0 radical (unpaired) electrons.